The van der Waals surface area contributed by atoms with Crippen LogP contribution in [0.15, 0.2) is 0 Å². The SMILES string of the molecule is CC(C)c1nnc(C(C)(F)F)s1. The zero-order valence-corrected chi connectivity index (χ0v) is 7.95. The molecular weight excluding hydrogens is 182 g/mol. The molecule has 0 spiro atoms. The summed E-state index contributed by atoms with van der Waals surface area (Å²) in [5, 5.41) is 7.55. The van der Waals surface area contributed by atoms with Gasteiger partial charge in [-0.2, -0.15) is 8.78 Å². The second-order valence-electron chi connectivity index (χ2n) is 2.99. The van der Waals surface area contributed by atoms with Crippen LogP contribution in [0.3, 0.4) is 0 Å². The van der Waals surface area contributed by atoms with E-state index in [2.05, 4.69) is 10.2 Å². The van der Waals surface area contributed by atoms with E-state index in [0.717, 1.165) is 18.3 Å². The van der Waals surface area contributed by atoms with E-state index in [4.69, 9.17) is 0 Å². The zero-order chi connectivity index (χ0) is 9.35. The van der Waals surface area contributed by atoms with Crippen LogP contribution in [0, 0.1) is 0 Å². The lowest BCUT2D eigenvalue weighted by molar-refractivity contribution is 0.0165. The van der Waals surface area contributed by atoms with Crippen molar-refractivity contribution in [3.05, 3.63) is 10.0 Å². The van der Waals surface area contributed by atoms with Crippen molar-refractivity contribution in [2.24, 2.45) is 0 Å². The number of halogens is 2. The average molecular weight is 192 g/mol. The van der Waals surface area contributed by atoms with E-state index >= 15 is 0 Å². The highest BCUT2D eigenvalue weighted by Gasteiger charge is 2.29. The van der Waals surface area contributed by atoms with Gasteiger partial charge in [0.1, 0.15) is 5.01 Å². The Hall–Kier alpha value is -0.580. The van der Waals surface area contributed by atoms with Crippen LogP contribution in [-0.4, -0.2) is 10.2 Å². The number of hydrogen-bond acceptors (Lipinski definition) is 3. The van der Waals surface area contributed by atoms with Gasteiger partial charge in [0.05, 0.1) is 0 Å². The van der Waals surface area contributed by atoms with Crippen LogP contribution in [0.25, 0.3) is 0 Å². The molecule has 12 heavy (non-hydrogen) atoms. The molecule has 1 heterocycles. The molecule has 0 aliphatic heterocycles. The van der Waals surface area contributed by atoms with Gasteiger partial charge in [0, 0.05) is 12.8 Å². The van der Waals surface area contributed by atoms with Crippen molar-refractivity contribution in [2.45, 2.75) is 32.6 Å². The van der Waals surface area contributed by atoms with Gasteiger partial charge in [-0.25, -0.2) is 0 Å². The van der Waals surface area contributed by atoms with E-state index in [1.807, 2.05) is 13.8 Å². The Morgan fingerprint density at radius 1 is 1.33 bits per heavy atom. The normalized spacial score (nSPS) is 12.5. The van der Waals surface area contributed by atoms with E-state index in [-0.39, 0.29) is 10.9 Å². The van der Waals surface area contributed by atoms with Gasteiger partial charge in [-0.1, -0.05) is 25.2 Å². The summed E-state index contributed by atoms with van der Waals surface area (Å²) in [6.45, 7) is 4.63. The molecule has 0 unspecified atom stereocenters. The molecule has 1 aromatic heterocycles. The van der Waals surface area contributed by atoms with E-state index in [9.17, 15) is 8.78 Å². The first kappa shape index (κ1) is 9.51. The van der Waals surface area contributed by atoms with Gasteiger partial charge >= 0.3 is 0 Å². The van der Waals surface area contributed by atoms with Gasteiger partial charge in [0.15, 0.2) is 5.01 Å². The van der Waals surface area contributed by atoms with Crippen LogP contribution in [-0.2, 0) is 5.92 Å². The minimum Gasteiger partial charge on any atom is -0.199 e. The average Bonchev–Trinajstić information content (AvgIpc) is 2.30. The summed E-state index contributed by atoms with van der Waals surface area (Å²) in [6.07, 6.45) is 0. The van der Waals surface area contributed by atoms with Crippen molar-refractivity contribution in [1.29, 1.82) is 0 Å². The Morgan fingerprint density at radius 3 is 2.17 bits per heavy atom. The molecule has 0 saturated carbocycles. The molecule has 0 N–H and O–H groups in total. The standard InChI is InChI=1S/C7H10F2N2S/c1-4(2)5-10-11-6(12-5)7(3,8)9/h4H,1-3H3. The second-order valence-corrected chi connectivity index (χ2v) is 4.00. The van der Waals surface area contributed by atoms with Crippen molar-refractivity contribution in [3.63, 3.8) is 0 Å². The van der Waals surface area contributed by atoms with E-state index < -0.39 is 5.92 Å². The molecule has 0 atom stereocenters. The van der Waals surface area contributed by atoms with Gasteiger partial charge < -0.3 is 0 Å². The molecule has 0 aliphatic carbocycles. The van der Waals surface area contributed by atoms with Crippen molar-refractivity contribution in [2.75, 3.05) is 0 Å². The zero-order valence-electron chi connectivity index (χ0n) is 7.14. The number of aromatic nitrogens is 2. The largest absolute Gasteiger partial charge is 0.298 e. The van der Waals surface area contributed by atoms with Crippen molar-refractivity contribution >= 4 is 11.3 Å². The lowest BCUT2D eigenvalue weighted by atomic mass is 10.2. The van der Waals surface area contributed by atoms with Crippen molar-refractivity contribution < 1.29 is 8.78 Å². The first-order valence-electron chi connectivity index (χ1n) is 3.63. The minimum atomic E-state index is -2.86. The molecule has 0 aliphatic rings. The molecule has 0 fully saturated rings. The molecule has 0 saturated heterocycles. The highest BCUT2D eigenvalue weighted by molar-refractivity contribution is 7.11. The third-order valence-corrected chi connectivity index (χ3v) is 2.71. The van der Waals surface area contributed by atoms with Crippen LogP contribution in [0.5, 0.6) is 0 Å². The molecule has 5 heteroatoms. The maximum absolute atomic E-state index is 12.6. The van der Waals surface area contributed by atoms with E-state index in [1.165, 1.54) is 0 Å². The molecule has 0 radical (unpaired) electrons. The highest BCUT2D eigenvalue weighted by Crippen LogP contribution is 2.31. The first-order valence-corrected chi connectivity index (χ1v) is 4.44. The molecule has 1 rings (SSSR count). The van der Waals surface area contributed by atoms with Crippen LogP contribution < -0.4 is 0 Å². The lowest BCUT2D eigenvalue weighted by Gasteiger charge is -2.02. The number of rotatable bonds is 2. The summed E-state index contributed by atoms with van der Waals surface area (Å²) in [5.41, 5.74) is 0. The quantitative estimate of drug-likeness (QED) is 0.720. The Labute approximate surface area is 73.6 Å². The van der Waals surface area contributed by atoms with E-state index in [0.29, 0.717) is 5.01 Å². The summed E-state index contributed by atoms with van der Waals surface area (Å²) < 4.78 is 25.3. The van der Waals surface area contributed by atoms with Crippen LogP contribution in [0.2, 0.25) is 0 Å². The van der Waals surface area contributed by atoms with Gasteiger partial charge in [-0.15, -0.1) is 10.2 Å². The monoisotopic (exact) mass is 192 g/mol. The molecule has 0 amide bonds. The molecular formula is C7H10F2N2S. The van der Waals surface area contributed by atoms with Crippen LogP contribution in [0.4, 0.5) is 8.78 Å². The number of alkyl halides is 2. The fourth-order valence-electron chi connectivity index (χ4n) is 0.645. The van der Waals surface area contributed by atoms with Crippen LogP contribution in [0.1, 0.15) is 36.7 Å². The first-order chi connectivity index (χ1) is 5.41. The second kappa shape index (κ2) is 3.05. The smallest absolute Gasteiger partial charge is 0.199 e. The molecule has 68 valence electrons. The van der Waals surface area contributed by atoms with Crippen LogP contribution >= 0.6 is 11.3 Å². The fourth-order valence-corrected chi connectivity index (χ4v) is 1.42. The maximum atomic E-state index is 12.6. The summed E-state index contributed by atoms with van der Waals surface area (Å²) in [5.74, 6) is -2.69. The third-order valence-electron chi connectivity index (χ3n) is 1.31. The predicted octanol–water partition coefficient (Wildman–Crippen LogP) is 2.77. The molecule has 0 aromatic carbocycles. The lowest BCUT2D eigenvalue weighted by Crippen LogP contribution is -2.05. The van der Waals surface area contributed by atoms with Gasteiger partial charge in [-0.3, -0.25) is 0 Å². The van der Waals surface area contributed by atoms with Gasteiger partial charge in [0.25, 0.3) is 5.92 Å². The Kier molecular flexibility index (Phi) is 2.41. The number of nitrogens with zero attached hydrogens (tertiary/aromatic N) is 2. The van der Waals surface area contributed by atoms with Crippen molar-refractivity contribution in [1.82, 2.24) is 10.2 Å². The topological polar surface area (TPSA) is 25.8 Å². The van der Waals surface area contributed by atoms with Crippen molar-refractivity contribution in [3.8, 4) is 0 Å². The molecule has 2 nitrogen and oxygen atoms in total. The maximum Gasteiger partial charge on any atom is 0.298 e. The molecule has 1 aromatic rings. The summed E-state index contributed by atoms with van der Waals surface area (Å²) >= 11 is 0.976. The minimum absolute atomic E-state index is 0.165. The van der Waals surface area contributed by atoms with Gasteiger partial charge in [0.2, 0.25) is 0 Å². The summed E-state index contributed by atoms with van der Waals surface area (Å²) in [6, 6.07) is 0. The predicted molar refractivity (Wildman–Crippen MR) is 43.6 cm³/mol. The third kappa shape index (κ3) is 1.97. The highest BCUT2D eigenvalue weighted by atomic mass is 32.1. The molecule has 0 bridgehead atoms. The fraction of sp³-hybridized carbons (Fsp3) is 0.714. The Balaban J connectivity index is 2.92. The Bertz CT molecular complexity index is 265. The van der Waals surface area contributed by atoms with Gasteiger partial charge in [-0.05, 0) is 0 Å². The summed E-state index contributed by atoms with van der Waals surface area (Å²) in [4.78, 5) is 0. The summed E-state index contributed by atoms with van der Waals surface area (Å²) in [7, 11) is 0. The van der Waals surface area contributed by atoms with E-state index in [1.54, 1.807) is 0 Å². The Morgan fingerprint density at radius 2 is 1.92 bits per heavy atom. The number of hydrogen-bond donors (Lipinski definition) is 0.